The summed E-state index contributed by atoms with van der Waals surface area (Å²) in [5.74, 6) is 1.85. The molecule has 0 spiro atoms. The molecule has 1 aliphatic rings. The van der Waals surface area contributed by atoms with Gasteiger partial charge in [0.05, 0.1) is 6.42 Å². The maximum absolute atomic E-state index is 5.61. The summed E-state index contributed by atoms with van der Waals surface area (Å²) >= 11 is 1.69. The van der Waals surface area contributed by atoms with Gasteiger partial charge >= 0.3 is 0 Å². The summed E-state index contributed by atoms with van der Waals surface area (Å²) in [7, 11) is 0. The van der Waals surface area contributed by atoms with Crippen molar-refractivity contribution in [3.63, 3.8) is 0 Å². The zero-order valence-corrected chi connectivity index (χ0v) is 18.2. The molecule has 1 fully saturated rings. The van der Waals surface area contributed by atoms with E-state index in [1.54, 1.807) is 11.3 Å². The molecule has 3 atom stereocenters. The molecule has 0 amide bonds. The SMILES string of the molecule is Cc1cnc(Cc2noc(C3CCC(NC(C)c4cccc5ccccc45)C3)n2)s1. The molecule has 2 aromatic carbocycles. The Labute approximate surface area is 180 Å². The van der Waals surface area contributed by atoms with Gasteiger partial charge in [0.2, 0.25) is 5.89 Å². The standard InChI is InChI=1S/C24H26N4OS/c1-15-14-25-23(30-15)13-22-27-24(29-28-22)18-10-11-19(12-18)26-16(2)20-9-5-7-17-6-3-4-8-21(17)20/h3-9,14,16,18-19,26H,10-13H2,1-2H3. The molecule has 0 saturated heterocycles. The Morgan fingerprint density at radius 3 is 2.90 bits per heavy atom. The molecule has 1 N–H and O–H groups in total. The van der Waals surface area contributed by atoms with Gasteiger partial charge in [0, 0.05) is 29.1 Å². The van der Waals surface area contributed by atoms with Crippen LogP contribution in [0.2, 0.25) is 0 Å². The molecule has 0 bridgehead atoms. The number of aryl methyl sites for hydroxylation is 1. The van der Waals surface area contributed by atoms with E-state index in [1.807, 2.05) is 6.20 Å². The van der Waals surface area contributed by atoms with Crippen LogP contribution in [0.25, 0.3) is 10.8 Å². The minimum Gasteiger partial charge on any atom is -0.339 e. The number of nitrogens with one attached hydrogen (secondary N) is 1. The van der Waals surface area contributed by atoms with E-state index in [9.17, 15) is 0 Å². The summed E-state index contributed by atoms with van der Waals surface area (Å²) in [6.45, 7) is 4.32. The lowest BCUT2D eigenvalue weighted by molar-refractivity contribution is 0.347. The van der Waals surface area contributed by atoms with Crippen LogP contribution in [-0.2, 0) is 6.42 Å². The number of aromatic nitrogens is 3. The predicted octanol–water partition coefficient (Wildman–Crippen LogP) is 5.57. The fourth-order valence-corrected chi connectivity index (χ4v) is 5.34. The summed E-state index contributed by atoms with van der Waals surface area (Å²) < 4.78 is 5.61. The van der Waals surface area contributed by atoms with Crippen molar-refractivity contribution in [2.24, 2.45) is 0 Å². The quantitative estimate of drug-likeness (QED) is 0.444. The van der Waals surface area contributed by atoms with Crippen LogP contribution in [-0.4, -0.2) is 21.2 Å². The molecule has 3 unspecified atom stereocenters. The maximum atomic E-state index is 5.61. The molecule has 4 aromatic rings. The fourth-order valence-electron chi connectivity index (χ4n) is 4.55. The van der Waals surface area contributed by atoms with Gasteiger partial charge in [-0.15, -0.1) is 11.3 Å². The van der Waals surface area contributed by atoms with E-state index in [-0.39, 0.29) is 0 Å². The Balaban J connectivity index is 1.23. The zero-order chi connectivity index (χ0) is 20.5. The second-order valence-corrected chi connectivity index (χ2v) is 9.57. The van der Waals surface area contributed by atoms with Crippen LogP contribution in [0.5, 0.6) is 0 Å². The van der Waals surface area contributed by atoms with Gasteiger partial charge in [0.15, 0.2) is 5.82 Å². The van der Waals surface area contributed by atoms with Gasteiger partial charge < -0.3 is 9.84 Å². The van der Waals surface area contributed by atoms with Crippen LogP contribution >= 0.6 is 11.3 Å². The topological polar surface area (TPSA) is 63.8 Å². The van der Waals surface area contributed by atoms with Gasteiger partial charge in [-0.25, -0.2) is 4.98 Å². The first-order valence-corrected chi connectivity index (χ1v) is 11.4. The Kier molecular flexibility index (Phi) is 5.35. The van der Waals surface area contributed by atoms with Crippen LogP contribution in [0.3, 0.4) is 0 Å². The van der Waals surface area contributed by atoms with E-state index in [1.165, 1.54) is 21.2 Å². The number of rotatable bonds is 6. The van der Waals surface area contributed by atoms with Crippen molar-refractivity contribution in [2.75, 3.05) is 0 Å². The number of nitrogens with zero attached hydrogens (tertiary/aromatic N) is 3. The normalized spacial score (nSPS) is 20.1. The van der Waals surface area contributed by atoms with Crippen molar-refractivity contribution >= 4 is 22.1 Å². The second-order valence-electron chi connectivity index (χ2n) is 8.25. The van der Waals surface area contributed by atoms with E-state index in [0.29, 0.717) is 24.4 Å². The third-order valence-corrected chi connectivity index (χ3v) is 6.93. The molecule has 154 valence electrons. The number of hydrogen-bond donors (Lipinski definition) is 1. The van der Waals surface area contributed by atoms with Crippen molar-refractivity contribution in [2.45, 2.75) is 57.5 Å². The lowest BCUT2D eigenvalue weighted by atomic mass is 9.99. The minimum atomic E-state index is 0.297. The van der Waals surface area contributed by atoms with Crippen LogP contribution in [0.15, 0.2) is 53.2 Å². The number of fused-ring (bicyclic) bond motifs is 1. The highest BCUT2D eigenvalue weighted by atomic mass is 32.1. The van der Waals surface area contributed by atoms with Gasteiger partial charge in [-0.3, -0.25) is 0 Å². The molecule has 0 aliphatic heterocycles. The Morgan fingerprint density at radius 2 is 2.03 bits per heavy atom. The molecule has 6 heteroatoms. The third-order valence-electron chi connectivity index (χ3n) is 6.02. The molecule has 1 aliphatic carbocycles. The van der Waals surface area contributed by atoms with Crippen molar-refractivity contribution < 1.29 is 4.52 Å². The lowest BCUT2D eigenvalue weighted by Crippen LogP contribution is -2.29. The van der Waals surface area contributed by atoms with Crippen LogP contribution in [0.4, 0.5) is 0 Å². The van der Waals surface area contributed by atoms with Gasteiger partial charge in [0.25, 0.3) is 0 Å². The first-order chi connectivity index (χ1) is 14.7. The summed E-state index contributed by atoms with van der Waals surface area (Å²) in [6.07, 6.45) is 5.79. The molecule has 2 aromatic heterocycles. The van der Waals surface area contributed by atoms with Crippen LogP contribution in [0, 0.1) is 6.92 Å². The van der Waals surface area contributed by atoms with Crippen LogP contribution in [0.1, 0.15) is 65.3 Å². The number of hydrogen-bond acceptors (Lipinski definition) is 6. The smallest absolute Gasteiger partial charge is 0.229 e. The zero-order valence-electron chi connectivity index (χ0n) is 17.3. The lowest BCUT2D eigenvalue weighted by Gasteiger charge is -2.21. The Hall–Kier alpha value is -2.57. The number of thiazole rings is 1. The average Bonchev–Trinajstić information content (AvgIpc) is 3.49. The van der Waals surface area contributed by atoms with E-state index < -0.39 is 0 Å². The van der Waals surface area contributed by atoms with E-state index in [0.717, 1.165) is 36.0 Å². The first-order valence-electron chi connectivity index (χ1n) is 10.6. The Bertz CT molecular complexity index is 1150. The van der Waals surface area contributed by atoms with E-state index >= 15 is 0 Å². The summed E-state index contributed by atoms with van der Waals surface area (Å²) in [4.78, 5) is 10.3. The highest BCUT2D eigenvalue weighted by Gasteiger charge is 2.31. The molecular weight excluding hydrogens is 392 g/mol. The molecular formula is C24H26N4OS. The summed E-state index contributed by atoms with van der Waals surface area (Å²) in [5, 5.41) is 11.7. The van der Waals surface area contributed by atoms with Gasteiger partial charge in [0.1, 0.15) is 5.01 Å². The molecule has 1 saturated carbocycles. The molecule has 5 rings (SSSR count). The van der Waals surface area contributed by atoms with Crippen molar-refractivity contribution in [3.8, 4) is 0 Å². The van der Waals surface area contributed by atoms with Crippen LogP contribution < -0.4 is 5.32 Å². The second kappa shape index (κ2) is 8.28. The van der Waals surface area contributed by atoms with E-state index in [4.69, 9.17) is 4.52 Å². The average molecular weight is 419 g/mol. The third kappa shape index (κ3) is 4.02. The summed E-state index contributed by atoms with van der Waals surface area (Å²) in [5.41, 5.74) is 1.36. The molecule has 30 heavy (non-hydrogen) atoms. The Morgan fingerprint density at radius 1 is 1.17 bits per heavy atom. The maximum Gasteiger partial charge on any atom is 0.229 e. The van der Waals surface area contributed by atoms with Crippen molar-refractivity contribution in [3.05, 3.63) is 75.8 Å². The highest BCUT2D eigenvalue weighted by Crippen LogP contribution is 2.35. The van der Waals surface area contributed by atoms with Crippen molar-refractivity contribution in [1.82, 2.24) is 20.4 Å². The highest BCUT2D eigenvalue weighted by molar-refractivity contribution is 7.11. The van der Waals surface area contributed by atoms with Gasteiger partial charge in [-0.05, 0) is 49.4 Å². The molecule has 0 radical (unpaired) electrons. The minimum absolute atomic E-state index is 0.297. The monoisotopic (exact) mass is 418 g/mol. The predicted molar refractivity (Wildman–Crippen MR) is 120 cm³/mol. The first kappa shape index (κ1) is 19.4. The van der Waals surface area contributed by atoms with Gasteiger partial charge in [-0.1, -0.05) is 47.6 Å². The van der Waals surface area contributed by atoms with Gasteiger partial charge in [-0.2, -0.15) is 4.98 Å². The fraction of sp³-hybridized carbons (Fsp3) is 0.375. The molecule has 5 nitrogen and oxygen atoms in total. The largest absolute Gasteiger partial charge is 0.339 e. The van der Waals surface area contributed by atoms with E-state index in [2.05, 4.69) is 76.8 Å². The summed E-state index contributed by atoms with van der Waals surface area (Å²) in [6, 6.07) is 15.9. The van der Waals surface area contributed by atoms with Crippen molar-refractivity contribution in [1.29, 1.82) is 0 Å². The number of benzene rings is 2. The molecule has 2 heterocycles.